The molecular formula is C30H28N4O4S. The Kier molecular flexibility index (Phi) is 7.22. The largest absolute Gasteiger partial charge is 0.491 e. The second-order valence-electron chi connectivity index (χ2n) is 9.39. The lowest BCUT2D eigenvalue weighted by atomic mass is 9.95. The molecule has 1 atom stereocenters. The van der Waals surface area contributed by atoms with E-state index < -0.39 is 12.0 Å². The lowest BCUT2D eigenvalue weighted by Gasteiger charge is -2.26. The van der Waals surface area contributed by atoms with E-state index in [1.54, 1.807) is 18.4 Å². The summed E-state index contributed by atoms with van der Waals surface area (Å²) in [5.41, 5.74) is 2.96. The number of carbonyl (C=O) groups excluding carboxylic acids is 1. The molecule has 0 amide bonds. The van der Waals surface area contributed by atoms with Crippen LogP contribution in [0.5, 0.6) is 5.75 Å². The number of para-hydroxylation sites is 2. The summed E-state index contributed by atoms with van der Waals surface area (Å²) in [6.45, 7) is 7.76. The van der Waals surface area contributed by atoms with Gasteiger partial charge in [-0.1, -0.05) is 47.7 Å². The molecule has 39 heavy (non-hydrogen) atoms. The minimum Gasteiger partial charge on any atom is -0.491 e. The molecule has 4 aromatic rings. The summed E-state index contributed by atoms with van der Waals surface area (Å²) in [6, 6.07) is 16.6. The van der Waals surface area contributed by atoms with Crippen molar-refractivity contribution < 1.29 is 14.3 Å². The van der Waals surface area contributed by atoms with Crippen LogP contribution in [0.3, 0.4) is 0 Å². The highest BCUT2D eigenvalue weighted by Gasteiger charge is 2.35. The van der Waals surface area contributed by atoms with E-state index in [-0.39, 0.29) is 24.8 Å². The van der Waals surface area contributed by atoms with Gasteiger partial charge in [0, 0.05) is 28.2 Å². The van der Waals surface area contributed by atoms with Crippen LogP contribution in [-0.4, -0.2) is 27.8 Å². The van der Waals surface area contributed by atoms with E-state index in [1.807, 2.05) is 79.2 Å². The van der Waals surface area contributed by atoms with Crippen LogP contribution in [0.25, 0.3) is 17.0 Å². The monoisotopic (exact) mass is 540 g/mol. The van der Waals surface area contributed by atoms with Gasteiger partial charge in [0.2, 0.25) is 0 Å². The van der Waals surface area contributed by atoms with Crippen molar-refractivity contribution in [3.63, 3.8) is 0 Å². The first-order chi connectivity index (χ1) is 18.8. The van der Waals surface area contributed by atoms with E-state index >= 15 is 0 Å². The normalized spacial score (nSPS) is 15.3. The van der Waals surface area contributed by atoms with Gasteiger partial charge in [-0.2, -0.15) is 5.26 Å². The number of allylic oxidation sites excluding steroid dienone is 1. The fraction of sp³-hybridized carbons (Fsp3) is 0.267. The number of nitriles is 1. The molecule has 0 bridgehead atoms. The molecular weight excluding hydrogens is 512 g/mol. The number of esters is 1. The number of hydrogen-bond donors (Lipinski definition) is 0. The SMILES string of the molecule is CCOC(=O)C1=C(C)N=c2s/c(=C\c3cn(CC#N)c4ccccc34)c(=O)n2[C@H]1c1ccccc1OC(C)C. The van der Waals surface area contributed by atoms with E-state index in [4.69, 9.17) is 9.47 Å². The zero-order valence-corrected chi connectivity index (χ0v) is 23.0. The number of rotatable bonds is 7. The summed E-state index contributed by atoms with van der Waals surface area (Å²) in [7, 11) is 0. The lowest BCUT2D eigenvalue weighted by Crippen LogP contribution is -2.40. The van der Waals surface area contributed by atoms with Crippen LogP contribution in [0.4, 0.5) is 0 Å². The van der Waals surface area contributed by atoms with E-state index in [0.29, 0.717) is 31.9 Å². The first kappa shape index (κ1) is 26.2. The van der Waals surface area contributed by atoms with Crippen molar-refractivity contribution in [3.05, 3.63) is 96.8 Å². The zero-order valence-electron chi connectivity index (χ0n) is 22.2. The van der Waals surface area contributed by atoms with Crippen molar-refractivity contribution in [2.45, 2.75) is 46.4 Å². The molecule has 5 rings (SSSR count). The van der Waals surface area contributed by atoms with Crippen LogP contribution >= 0.6 is 11.3 Å². The fourth-order valence-corrected chi connectivity index (χ4v) is 5.93. The Bertz CT molecular complexity index is 1830. The Labute approximate surface area is 229 Å². The molecule has 0 saturated heterocycles. The molecule has 0 unspecified atom stereocenters. The van der Waals surface area contributed by atoms with Gasteiger partial charge < -0.3 is 14.0 Å². The quantitative estimate of drug-likeness (QED) is 0.329. The zero-order chi connectivity index (χ0) is 27.7. The molecule has 0 radical (unpaired) electrons. The molecule has 3 heterocycles. The predicted molar refractivity (Wildman–Crippen MR) is 150 cm³/mol. The Morgan fingerprint density at radius 2 is 1.95 bits per heavy atom. The minimum absolute atomic E-state index is 0.108. The van der Waals surface area contributed by atoms with Gasteiger partial charge in [0.15, 0.2) is 4.80 Å². The number of aromatic nitrogens is 2. The van der Waals surface area contributed by atoms with E-state index in [0.717, 1.165) is 16.5 Å². The maximum Gasteiger partial charge on any atom is 0.338 e. The highest BCUT2D eigenvalue weighted by Crippen LogP contribution is 2.36. The third-order valence-corrected chi connectivity index (χ3v) is 7.42. The summed E-state index contributed by atoms with van der Waals surface area (Å²) in [5, 5.41) is 10.2. The second-order valence-corrected chi connectivity index (χ2v) is 10.4. The van der Waals surface area contributed by atoms with Crippen LogP contribution in [0.15, 0.2) is 75.8 Å². The summed E-state index contributed by atoms with van der Waals surface area (Å²) >= 11 is 1.26. The van der Waals surface area contributed by atoms with Crippen LogP contribution < -0.4 is 19.6 Å². The van der Waals surface area contributed by atoms with Gasteiger partial charge in [0.25, 0.3) is 5.56 Å². The van der Waals surface area contributed by atoms with E-state index in [9.17, 15) is 14.9 Å². The molecule has 198 valence electrons. The molecule has 2 aromatic heterocycles. The third-order valence-electron chi connectivity index (χ3n) is 6.44. The number of fused-ring (bicyclic) bond motifs is 2. The van der Waals surface area contributed by atoms with Crippen LogP contribution in [0.1, 0.15) is 44.9 Å². The topological polar surface area (TPSA) is 98.6 Å². The molecule has 0 N–H and O–H groups in total. The molecule has 0 aliphatic carbocycles. The van der Waals surface area contributed by atoms with Gasteiger partial charge in [-0.25, -0.2) is 9.79 Å². The molecule has 1 aliphatic heterocycles. The molecule has 8 nitrogen and oxygen atoms in total. The van der Waals surface area contributed by atoms with E-state index in [2.05, 4.69) is 11.1 Å². The molecule has 2 aromatic carbocycles. The molecule has 1 aliphatic rings. The summed E-state index contributed by atoms with van der Waals surface area (Å²) in [6.07, 6.45) is 3.60. The molecule has 0 saturated carbocycles. The lowest BCUT2D eigenvalue weighted by molar-refractivity contribution is -0.139. The third kappa shape index (κ3) is 4.79. The standard InChI is InChI=1S/C30H28N4O4S/c1-5-37-29(36)26-19(4)32-30-34(27(26)22-11-7-9-13-24(22)38-18(2)3)28(35)25(39-30)16-20-17-33(15-14-31)23-12-8-6-10-21(20)23/h6-13,16-18,27H,5,15H2,1-4H3/b25-16-/t27-/m0/s1. The van der Waals surface area contributed by atoms with Crippen molar-refractivity contribution in [1.29, 1.82) is 5.26 Å². The number of carbonyl (C=O) groups is 1. The average Bonchev–Trinajstić information content (AvgIpc) is 3.40. The van der Waals surface area contributed by atoms with Crippen molar-refractivity contribution in [1.82, 2.24) is 9.13 Å². The Morgan fingerprint density at radius 3 is 2.69 bits per heavy atom. The van der Waals surface area contributed by atoms with Gasteiger partial charge >= 0.3 is 5.97 Å². The minimum atomic E-state index is -0.766. The number of thiazole rings is 1. The molecule has 0 spiro atoms. The maximum atomic E-state index is 14.0. The maximum absolute atomic E-state index is 14.0. The summed E-state index contributed by atoms with van der Waals surface area (Å²) < 4.78 is 15.4. The number of nitrogens with zero attached hydrogens (tertiary/aromatic N) is 4. The van der Waals surface area contributed by atoms with Crippen molar-refractivity contribution in [3.8, 4) is 11.8 Å². The smallest absolute Gasteiger partial charge is 0.338 e. The van der Waals surface area contributed by atoms with E-state index in [1.165, 1.54) is 11.3 Å². The molecule has 9 heteroatoms. The average molecular weight is 541 g/mol. The van der Waals surface area contributed by atoms with Gasteiger partial charge in [-0.05, 0) is 45.9 Å². The van der Waals surface area contributed by atoms with Gasteiger partial charge in [-0.3, -0.25) is 9.36 Å². The fourth-order valence-electron chi connectivity index (χ4n) is 4.89. The number of hydrogen-bond acceptors (Lipinski definition) is 7. The Balaban J connectivity index is 1.76. The molecule has 0 fully saturated rings. The van der Waals surface area contributed by atoms with Gasteiger partial charge in [0.05, 0.1) is 34.6 Å². The van der Waals surface area contributed by atoms with Gasteiger partial charge in [-0.15, -0.1) is 0 Å². The van der Waals surface area contributed by atoms with Crippen molar-refractivity contribution in [2.75, 3.05) is 6.61 Å². The van der Waals surface area contributed by atoms with Gasteiger partial charge in [0.1, 0.15) is 18.3 Å². The highest BCUT2D eigenvalue weighted by atomic mass is 32.1. The van der Waals surface area contributed by atoms with Crippen LogP contribution in [-0.2, 0) is 16.1 Å². The number of benzene rings is 2. The van der Waals surface area contributed by atoms with Crippen LogP contribution in [0, 0.1) is 11.3 Å². The Morgan fingerprint density at radius 1 is 1.21 bits per heavy atom. The first-order valence-corrected chi connectivity index (χ1v) is 13.6. The highest BCUT2D eigenvalue weighted by molar-refractivity contribution is 7.07. The van der Waals surface area contributed by atoms with Crippen molar-refractivity contribution in [2.24, 2.45) is 4.99 Å². The number of ether oxygens (including phenoxy) is 2. The first-order valence-electron chi connectivity index (χ1n) is 12.7. The Hall–Kier alpha value is -4.42. The summed E-state index contributed by atoms with van der Waals surface area (Å²) in [5.74, 6) is 0.0695. The predicted octanol–water partition coefficient (Wildman–Crippen LogP) is 4.06. The second kappa shape index (κ2) is 10.8. The van der Waals surface area contributed by atoms with Crippen molar-refractivity contribution >= 4 is 34.3 Å². The van der Waals surface area contributed by atoms with Crippen LogP contribution in [0.2, 0.25) is 0 Å². The summed E-state index contributed by atoms with van der Waals surface area (Å²) in [4.78, 5) is 32.4.